The Morgan fingerprint density at radius 2 is 1.49 bits per heavy atom. The maximum absolute atomic E-state index is 12.6. The van der Waals surface area contributed by atoms with Crippen molar-refractivity contribution < 1.29 is 38.5 Å². The zero-order valence-electron chi connectivity index (χ0n) is 21.3. The Balaban J connectivity index is 2.33. The molecule has 196 valence electrons. The number of carbonyl (C=O) groups excluding carboxylic acids is 3. The summed E-state index contributed by atoms with van der Waals surface area (Å²) in [4.78, 5) is 50.4. The minimum Gasteiger partial charge on any atom is -0.460 e. The summed E-state index contributed by atoms with van der Waals surface area (Å²) in [6.07, 6.45) is 4.78. The van der Waals surface area contributed by atoms with E-state index in [0.29, 0.717) is 32.1 Å². The predicted octanol–water partition coefficient (Wildman–Crippen LogP) is 5.20. The van der Waals surface area contributed by atoms with Gasteiger partial charge in [0.25, 0.3) is 5.09 Å². The smallest absolute Gasteiger partial charge is 0.342 e. The molecule has 0 amide bonds. The van der Waals surface area contributed by atoms with E-state index in [1.807, 2.05) is 27.7 Å². The normalized spacial score (nSPS) is 11.5. The number of rotatable bonds is 16. The molecule has 0 radical (unpaired) electrons. The fourth-order valence-electron chi connectivity index (χ4n) is 3.44. The van der Waals surface area contributed by atoms with Crippen LogP contribution in [0.25, 0.3) is 0 Å². The van der Waals surface area contributed by atoms with Gasteiger partial charge in [0.1, 0.15) is 22.5 Å². The van der Waals surface area contributed by atoms with Crippen LogP contribution in [0.15, 0.2) is 24.3 Å². The molecule has 0 heterocycles. The van der Waals surface area contributed by atoms with Gasteiger partial charge in [-0.3, -0.25) is 9.59 Å². The Hall–Kier alpha value is -3.17. The Bertz CT molecular complexity index is 864. The summed E-state index contributed by atoms with van der Waals surface area (Å²) in [7, 11) is 0. The highest BCUT2D eigenvalue weighted by molar-refractivity contribution is 5.93. The first-order chi connectivity index (χ1) is 16.3. The zero-order valence-corrected chi connectivity index (χ0v) is 21.3. The van der Waals surface area contributed by atoms with Gasteiger partial charge in [0.2, 0.25) is 0 Å². The van der Waals surface area contributed by atoms with Crippen LogP contribution in [-0.2, 0) is 23.9 Å². The summed E-state index contributed by atoms with van der Waals surface area (Å²) in [5.74, 6) is -1.22. The van der Waals surface area contributed by atoms with E-state index >= 15 is 0 Å². The average molecular weight is 496 g/mol. The Kier molecular flexibility index (Phi) is 12.2. The molecule has 0 aromatic heterocycles. The number of hydrogen-bond donors (Lipinski definition) is 0. The van der Waals surface area contributed by atoms with Crippen LogP contribution in [0.4, 0.5) is 0 Å². The van der Waals surface area contributed by atoms with Crippen LogP contribution in [0.2, 0.25) is 0 Å². The monoisotopic (exact) mass is 495 g/mol. The van der Waals surface area contributed by atoms with Crippen LogP contribution in [0.5, 0.6) is 5.75 Å². The molecular weight excluding hydrogens is 458 g/mol. The number of ether oxygens (including phenoxy) is 3. The molecule has 0 saturated carbocycles. The number of nitrogens with zero attached hydrogens (tertiary/aromatic N) is 1. The van der Waals surface area contributed by atoms with E-state index < -0.39 is 28.2 Å². The van der Waals surface area contributed by atoms with Crippen LogP contribution in [0, 0.1) is 10.1 Å². The summed E-state index contributed by atoms with van der Waals surface area (Å²) in [6.45, 7) is 8.55. The minimum atomic E-state index is -0.818. The molecule has 0 aliphatic rings. The summed E-state index contributed by atoms with van der Waals surface area (Å²) in [5.41, 5.74) is -1.20. The van der Waals surface area contributed by atoms with E-state index in [1.165, 1.54) is 13.0 Å². The summed E-state index contributed by atoms with van der Waals surface area (Å²) >= 11 is 0. The predicted molar refractivity (Wildman–Crippen MR) is 127 cm³/mol. The lowest BCUT2D eigenvalue weighted by atomic mass is 9.99. The van der Waals surface area contributed by atoms with Crippen LogP contribution < -0.4 is 4.74 Å². The first-order valence-corrected chi connectivity index (χ1v) is 11.8. The quantitative estimate of drug-likeness (QED) is 0.0998. The minimum absolute atomic E-state index is 0.0292. The van der Waals surface area contributed by atoms with Crippen molar-refractivity contribution in [1.82, 2.24) is 0 Å². The number of unbranched alkanes of at least 4 members (excludes halogenated alkanes) is 3. The topological polar surface area (TPSA) is 131 Å². The molecule has 35 heavy (non-hydrogen) atoms. The van der Waals surface area contributed by atoms with Gasteiger partial charge in [0, 0.05) is 13.3 Å². The largest absolute Gasteiger partial charge is 0.460 e. The van der Waals surface area contributed by atoms with Gasteiger partial charge in [-0.1, -0.05) is 18.6 Å². The van der Waals surface area contributed by atoms with E-state index in [-0.39, 0.29) is 30.3 Å². The second-order valence-corrected chi connectivity index (χ2v) is 9.55. The highest BCUT2D eigenvalue weighted by Gasteiger charge is 2.26. The van der Waals surface area contributed by atoms with Gasteiger partial charge in [-0.2, -0.15) is 0 Å². The second kappa shape index (κ2) is 14.3. The fraction of sp³-hybridized carbons (Fsp3) is 0.640. The van der Waals surface area contributed by atoms with E-state index in [9.17, 15) is 24.5 Å². The van der Waals surface area contributed by atoms with Gasteiger partial charge in [0.15, 0.2) is 0 Å². The molecule has 1 aromatic rings. The van der Waals surface area contributed by atoms with Crippen molar-refractivity contribution in [2.24, 2.45) is 0 Å². The summed E-state index contributed by atoms with van der Waals surface area (Å²) < 4.78 is 16.3. The Morgan fingerprint density at radius 1 is 0.886 bits per heavy atom. The molecule has 0 saturated heterocycles. The molecule has 0 unspecified atom stereocenters. The number of carbonyl (C=O) groups is 3. The summed E-state index contributed by atoms with van der Waals surface area (Å²) in [5, 5.41) is 9.32. The molecule has 1 aromatic carbocycles. The maximum atomic E-state index is 12.6. The third-order valence-electron chi connectivity index (χ3n) is 5.15. The number of hydrogen-bond acceptors (Lipinski definition) is 9. The molecule has 1 rings (SSSR count). The standard InChI is InChI=1S/C25H37NO9/c1-19(27)33-21-14-9-8-13-20(21)23(29)35-25(4,5)16-10-6-7-15-22(28)34-24(2,3)17-11-12-18-32-26(30)31/h8-9,13-14H,6-7,10-12,15-18H2,1-5H3. The molecular formula is C25H37NO9. The van der Waals surface area contributed by atoms with Gasteiger partial charge in [-0.15, -0.1) is 10.1 Å². The van der Waals surface area contributed by atoms with E-state index in [1.54, 1.807) is 18.2 Å². The van der Waals surface area contributed by atoms with Gasteiger partial charge < -0.3 is 19.0 Å². The molecule has 10 nitrogen and oxygen atoms in total. The highest BCUT2D eigenvalue weighted by Crippen LogP contribution is 2.25. The van der Waals surface area contributed by atoms with E-state index in [2.05, 4.69) is 4.84 Å². The molecule has 0 atom stereocenters. The third-order valence-corrected chi connectivity index (χ3v) is 5.15. The lowest BCUT2D eigenvalue weighted by Gasteiger charge is -2.26. The molecule has 10 heteroatoms. The highest BCUT2D eigenvalue weighted by atomic mass is 16.9. The van der Waals surface area contributed by atoms with Crippen molar-refractivity contribution in [2.45, 2.75) is 97.2 Å². The van der Waals surface area contributed by atoms with Gasteiger partial charge in [0.05, 0.1) is 6.61 Å². The molecule has 0 N–H and O–H groups in total. The van der Waals surface area contributed by atoms with Crippen molar-refractivity contribution in [2.75, 3.05) is 6.61 Å². The second-order valence-electron chi connectivity index (χ2n) is 9.55. The number of esters is 3. The molecule has 0 spiro atoms. The summed E-state index contributed by atoms with van der Waals surface area (Å²) in [6, 6.07) is 6.42. The first kappa shape index (κ1) is 29.9. The van der Waals surface area contributed by atoms with Crippen molar-refractivity contribution >= 4 is 17.9 Å². The van der Waals surface area contributed by atoms with Crippen LogP contribution in [0.1, 0.15) is 96.3 Å². The number of para-hydroxylation sites is 1. The lowest BCUT2D eigenvalue weighted by Crippen LogP contribution is -2.28. The third kappa shape index (κ3) is 13.3. The first-order valence-electron chi connectivity index (χ1n) is 11.8. The van der Waals surface area contributed by atoms with Crippen LogP contribution >= 0.6 is 0 Å². The molecule has 0 aliphatic heterocycles. The molecule has 0 aliphatic carbocycles. The fourth-order valence-corrected chi connectivity index (χ4v) is 3.44. The van der Waals surface area contributed by atoms with Gasteiger partial charge >= 0.3 is 17.9 Å². The van der Waals surface area contributed by atoms with Crippen LogP contribution in [0.3, 0.4) is 0 Å². The Labute approximate surface area is 206 Å². The zero-order chi connectivity index (χ0) is 26.5. The lowest BCUT2D eigenvalue weighted by molar-refractivity contribution is -0.757. The van der Waals surface area contributed by atoms with Crippen molar-refractivity contribution in [3.05, 3.63) is 39.9 Å². The number of benzene rings is 1. The van der Waals surface area contributed by atoms with Crippen molar-refractivity contribution in [3.8, 4) is 5.75 Å². The average Bonchev–Trinajstić information content (AvgIpc) is 2.72. The molecule has 0 bridgehead atoms. The maximum Gasteiger partial charge on any atom is 0.342 e. The van der Waals surface area contributed by atoms with Gasteiger partial charge in [-0.05, 0) is 78.4 Å². The molecule has 0 fully saturated rings. The van der Waals surface area contributed by atoms with E-state index in [4.69, 9.17) is 14.2 Å². The Morgan fingerprint density at radius 3 is 2.11 bits per heavy atom. The SMILES string of the molecule is CC(=O)Oc1ccccc1C(=O)OC(C)(C)CCCCCC(=O)OC(C)(C)CCCCO[N+](=O)[O-]. The van der Waals surface area contributed by atoms with Crippen molar-refractivity contribution in [3.63, 3.8) is 0 Å². The van der Waals surface area contributed by atoms with E-state index in [0.717, 1.165) is 12.8 Å². The van der Waals surface area contributed by atoms with Crippen LogP contribution in [-0.4, -0.2) is 40.8 Å². The van der Waals surface area contributed by atoms with Gasteiger partial charge in [-0.25, -0.2) is 4.79 Å². The van der Waals surface area contributed by atoms with Crippen molar-refractivity contribution in [1.29, 1.82) is 0 Å².